The van der Waals surface area contributed by atoms with E-state index < -0.39 is 5.41 Å². The quantitative estimate of drug-likeness (QED) is 0.162. The third-order valence-corrected chi connectivity index (χ3v) is 7.46. The van der Waals surface area contributed by atoms with Gasteiger partial charge in [0.1, 0.15) is 12.0 Å². The summed E-state index contributed by atoms with van der Waals surface area (Å²) in [5.74, 6) is 0.804. The first-order valence-electron chi connectivity index (χ1n) is 13.0. The second-order valence-corrected chi connectivity index (χ2v) is 9.92. The highest BCUT2D eigenvalue weighted by atomic mass is 16.5. The topological polar surface area (TPSA) is 31.2 Å². The molecule has 38 heavy (non-hydrogen) atoms. The van der Waals surface area contributed by atoms with E-state index in [0.717, 1.165) is 70.2 Å². The van der Waals surface area contributed by atoms with E-state index in [0.29, 0.717) is 0 Å². The number of carbonyl (C=O) groups is 1. The Morgan fingerprint density at radius 1 is 0.842 bits per heavy atom. The SMILES string of the molecule is COc1ccc(C(=C=C(c2ccccc2)C2(C=O)CC2)c2cn(Cc3ccccc3)c3ccccc23)cc1. The first-order chi connectivity index (χ1) is 18.7. The van der Waals surface area contributed by atoms with E-state index in [2.05, 4.69) is 89.3 Å². The van der Waals surface area contributed by atoms with E-state index in [1.165, 1.54) is 5.56 Å². The van der Waals surface area contributed by atoms with Crippen molar-refractivity contribution in [3.63, 3.8) is 0 Å². The van der Waals surface area contributed by atoms with Crippen LogP contribution in [0.2, 0.25) is 0 Å². The Bertz CT molecular complexity index is 1650. The maximum atomic E-state index is 12.4. The lowest BCUT2D eigenvalue weighted by molar-refractivity contribution is -0.110. The fraction of sp³-hybridized carbons (Fsp3) is 0.143. The van der Waals surface area contributed by atoms with Crippen molar-refractivity contribution in [1.29, 1.82) is 0 Å². The van der Waals surface area contributed by atoms with Gasteiger partial charge in [0.15, 0.2) is 0 Å². The summed E-state index contributed by atoms with van der Waals surface area (Å²) in [4.78, 5) is 12.4. The molecule has 0 spiro atoms. The summed E-state index contributed by atoms with van der Waals surface area (Å²) >= 11 is 0. The fourth-order valence-electron chi connectivity index (χ4n) is 5.18. The zero-order valence-electron chi connectivity index (χ0n) is 21.4. The second kappa shape index (κ2) is 10.0. The lowest BCUT2D eigenvalue weighted by Gasteiger charge is -2.13. The Kier molecular flexibility index (Phi) is 6.29. The molecule has 0 amide bonds. The second-order valence-electron chi connectivity index (χ2n) is 9.92. The van der Waals surface area contributed by atoms with E-state index in [9.17, 15) is 4.79 Å². The molecule has 3 heteroatoms. The van der Waals surface area contributed by atoms with Crippen molar-refractivity contribution >= 4 is 28.3 Å². The number of fused-ring (bicyclic) bond motifs is 1. The van der Waals surface area contributed by atoms with Gasteiger partial charge in [-0.15, -0.1) is 5.73 Å². The Morgan fingerprint density at radius 3 is 2.16 bits per heavy atom. The molecule has 6 rings (SSSR count). The summed E-state index contributed by atoms with van der Waals surface area (Å²) < 4.78 is 7.75. The van der Waals surface area contributed by atoms with E-state index in [4.69, 9.17) is 4.74 Å². The van der Waals surface area contributed by atoms with Crippen LogP contribution in [0.1, 0.15) is 35.1 Å². The third kappa shape index (κ3) is 4.49. The molecule has 0 atom stereocenters. The average molecular weight is 496 g/mol. The molecule has 0 radical (unpaired) electrons. The van der Waals surface area contributed by atoms with Crippen molar-refractivity contribution in [3.8, 4) is 5.75 Å². The van der Waals surface area contributed by atoms with Gasteiger partial charge in [-0.1, -0.05) is 91.0 Å². The molecule has 0 aliphatic heterocycles. The molecule has 1 aliphatic carbocycles. The molecule has 1 fully saturated rings. The van der Waals surface area contributed by atoms with E-state index in [-0.39, 0.29) is 0 Å². The summed E-state index contributed by atoms with van der Waals surface area (Å²) in [6.07, 6.45) is 5.04. The maximum absolute atomic E-state index is 12.4. The van der Waals surface area contributed by atoms with E-state index in [1.54, 1.807) is 7.11 Å². The van der Waals surface area contributed by atoms with Crippen LogP contribution >= 0.6 is 0 Å². The van der Waals surface area contributed by atoms with Gasteiger partial charge in [-0.2, -0.15) is 0 Å². The van der Waals surface area contributed by atoms with Crippen LogP contribution in [0, 0.1) is 5.41 Å². The van der Waals surface area contributed by atoms with E-state index in [1.807, 2.05) is 36.4 Å². The van der Waals surface area contributed by atoms with Gasteiger partial charge in [0.05, 0.1) is 12.5 Å². The van der Waals surface area contributed by atoms with Crippen molar-refractivity contribution in [2.45, 2.75) is 19.4 Å². The summed E-state index contributed by atoms with van der Waals surface area (Å²) in [5, 5.41) is 1.16. The number of aldehydes is 1. The zero-order valence-corrected chi connectivity index (χ0v) is 21.4. The van der Waals surface area contributed by atoms with Crippen LogP contribution in [0.5, 0.6) is 5.75 Å². The zero-order chi connectivity index (χ0) is 26.0. The summed E-state index contributed by atoms with van der Waals surface area (Å²) in [6.45, 7) is 0.769. The molecule has 1 saturated carbocycles. The van der Waals surface area contributed by atoms with Crippen LogP contribution in [0.4, 0.5) is 0 Å². The lowest BCUT2D eigenvalue weighted by Crippen LogP contribution is -2.05. The first-order valence-corrected chi connectivity index (χ1v) is 13.0. The number of allylic oxidation sites excluding steroid dienone is 1. The Balaban J connectivity index is 1.64. The minimum atomic E-state index is -0.485. The van der Waals surface area contributed by atoms with Crippen LogP contribution in [0.3, 0.4) is 0 Å². The molecular weight excluding hydrogens is 466 g/mol. The van der Waals surface area contributed by atoms with Gasteiger partial charge in [0, 0.05) is 40.4 Å². The molecule has 4 aromatic carbocycles. The van der Waals surface area contributed by atoms with Gasteiger partial charge >= 0.3 is 0 Å². The molecule has 5 aromatic rings. The number of carbonyl (C=O) groups excluding carboxylic acids is 1. The van der Waals surface area contributed by atoms with Crippen molar-refractivity contribution in [1.82, 2.24) is 4.57 Å². The number of para-hydroxylation sites is 1. The Labute approximate surface area is 223 Å². The number of aromatic nitrogens is 1. The number of hydrogen-bond acceptors (Lipinski definition) is 2. The van der Waals surface area contributed by atoms with Crippen LogP contribution in [0.25, 0.3) is 22.0 Å². The summed E-state index contributed by atoms with van der Waals surface area (Å²) in [6, 6.07) is 37.4. The minimum Gasteiger partial charge on any atom is -0.497 e. The minimum absolute atomic E-state index is 0.485. The summed E-state index contributed by atoms with van der Waals surface area (Å²) in [7, 11) is 1.68. The van der Waals surface area contributed by atoms with Crippen molar-refractivity contribution < 1.29 is 9.53 Å². The smallest absolute Gasteiger partial charge is 0.131 e. The predicted molar refractivity (Wildman–Crippen MR) is 154 cm³/mol. The molecule has 0 N–H and O–H groups in total. The van der Waals surface area contributed by atoms with Crippen molar-refractivity contribution in [3.05, 3.63) is 143 Å². The predicted octanol–water partition coefficient (Wildman–Crippen LogP) is 7.79. The van der Waals surface area contributed by atoms with Crippen LogP contribution in [0.15, 0.2) is 121 Å². The Morgan fingerprint density at radius 2 is 1.50 bits per heavy atom. The Hall–Kier alpha value is -4.59. The van der Waals surface area contributed by atoms with Gasteiger partial charge < -0.3 is 14.1 Å². The van der Waals surface area contributed by atoms with Crippen molar-refractivity contribution in [2.75, 3.05) is 7.11 Å². The number of hydrogen-bond donors (Lipinski definition) is 0. The summed E-state index contributed by atoms with van der Waals surface area (Å²) in [5.41, 5.74) is 10.8. The van der Waals surface area contributed by atoms with Gasteiger partial charge in [-0.3, -0.25) is 0 Å². The highest BCUT2D eigenvalue weighted by Gasteiger charge is 2.47. The fourth-order valence-corrected chi connectivity index (χ4v) is 5.18. The molecule has 0 saturated heterocycles. The molecule has 1 heterocycles. The third-order valence-electron chi connectivity index (χ3n) is 7.46. The molecule has 1 aromatic heterocycles. The number of rotatable bonds is 8. The highest BCUT2D eigenvalue weighted by molar-refractivity contribution is 6.00. The van der Waals surface area contributed by atoms with Crippen LogP contribution < -0.4 is 4.74 Å². The van der Waals surface area contributed by atoms with E-state index >= 15 is 0 Å². The van der Waals surface area contributed by atoms with Crippen molar-refractivity contribution in [2.24, 2.45) is 5.41 Å². The monoisotopic (exact) mass is 495 g/mol. The number of nitrogens with zero attached hydrogens (tertiary/aromatic N) is 1. The molecule has 3 nitrogen and oxygen atoms in total. The standard InChI is InChI=1S/C35H29NO2/c1-38-29-18-16-27(17-19-29)31(22-33(35(25-37)20-21-35)28-12-6-3-7-13-28)32-24-36(23-26-10-4-2-5-11-26)34-15-9-8-14-30(32)34/h2-19,24-25H,20-21,23H2,1H3. The lowest BCUT2D eigenvalue weighted by atomic mass is 9.88. The highest BCUT2D eigenvalue weighted by Crippen LogP contribution is 2.54. The molecule has 1 aliphatic rings. The molecular formula is C35H29NO2. The van der Waals surface area contributed by atoms with Crippen LogP contribution in [-0.4, -0.2) is 18.0 Å². The van der Waals surface area contributed by atoms with Gasteiger partial charge in [0.2, 0.25) is 0 Å². The van der Waals surface area contributed by atoms with Gasteiger partial charge in [-0.05, 0) is 47.7 Å². The van der Waals surface area contributed by atoms with Gasteiger partial charge in [0.25, 0.3) is 0 Å². The number of benzene rings is 4. The number of methoxy groups -OCH3 is 1. The normalized spacial score (nSPS) is 13.5. The molecule has 0 bridgehead atoms. The average Bonchev–Trinajstić information content (AvgIpc) is 3.70. The van der Waals surface area contributed by atoms with Gasteiger partial charge in [-0.25, -0.2) is 0 Å². The molecule has 0 unspecified atom stereocenters. The maximum Gasteiger partial charge on any atom is 0.131 e. The number of ether oxygens (including phenoxy) is 1. The molecule has 186 valence electrons. The largest absolute Gasteiger partial charge is 0.497 e. The first kappa shape index (κ1) is 23.8. The van der Waals surface area contributed by atoms with Crippen LogP contribution in [-0.2, 0) is 11.3 Å².